The Morgan fingerprint density at radius 3 is 2.35 bits per heavy atom. The van der Waals surface area contributed by atoms with Gasteiger partial charge in [-0.15, -0.1) is 0 Å². The lowest BCUT2D eigenvalue weighted by molar-refractivity contribution is -0.138. The number of carbonyl (C=O) groups is 2. The SMILES string of the molecule is CC[C@@H](C(=O)O)c1ccc(NC(=O)[C@@H]2N[C@@H](CC(C)(C)C)[C@](C#N)(c3ccc(Cl)cc3F)[C@H]2c2cccc(Cl)c2F)cc1. The fourth-order valence-corrected chi connectivity index (χ4v) is 6.47. The van der Waals surface area contributed by atoms with Gasteiger partial charge in [-0.1, -0.05) is 81.2 Å². The van der Waals surface area contributed by atoms with E-state index < -0.39 is 52.8 Å². The van der Waals surface area contributed by atoms with Gasteiger partial charge in [-0.05, 0) is 59.7 Å². The molecule has 1 aliphatic rings. The van der Waals surface area contributed by atoms with Crippen LogP contribution in [0.2, 0.25) is 10.0 Å². The van der Waals surface area contributed by atoms with E-state index in [4.69, 9.17) is 23.2 Å². The van der Waals surface area contributed by atoms with E-state index in [2.05, 4.69) is 16.7 Å². The molecule has 1 saturated heterocycles. The molecule has 226 valence electrons. The van der Waals surface area contributed by atoms with Gasteiger partial charge in [0.2, 0.25) is 5.91 Å². The second-order valence-corrected chi connectivity index (χ2v) is 12.9. The highest BCUT2D eigenvalue weighted by molar-refractivity contribution is 6.31. The van der Waals surface area contributed by atoms with Gasteiger partial charge in [0.1, 0.15) is 17.0 Å². The molecule has 0 saturated carbocycles. The van der Waals surface area contributed by atoms with Gasteiger partial charge in [0.15, 0.2) is 0 Å². The highest BCUT2D eigenvalue weighted by Gasteiger charge is 2.61. The third-order valence-corrected chi connectivity index (χ3v) is 8.55. The van der Waals surface area contributed by atoms with Crippen LogP contribution in [0.5, 0.6) is 0 Å². The molecule has 10 heteroatoms. The fraction of sp³-hybridized carbons (Fsp3) is 0.364. The van der Waals surface area contributed by atoms with Crippen LogP contribution in [0.3, 0.4) is 0 Å². The number of hydrogen-bond acceptors (Lipinski definition) is 4. The lowest BCUT2D eigenvalue weighted by Crippen LogP contribution is -2.45. The molecule has 1 amide bonds. The fourth-order valence-electron chi connectivity index (χ4n) is 6.13. The molecule has 0 aliphatic carbocycles. The van der Waals surface area contributed by atoms with Gasteiger partial charge in [-0.25, -0.2) is 8.78 Å². The minimum absolute atomic E-state index is 0.00458. The number of carboxylic acids is 1. The summed E-state index contributed by atoms with van der Waals surface area (Å²) in [5.41, 5.74) is -1.17. The van der Waals surface area contributed by atoms with Crippen LogP contribution in [0.25, 0.3) is 0 Å². The van der Waals surface area contributed by atoms with Crippen molar-refractivity contribution in [2.24, 2.45) is 5.41 Å². The minimum atomic E-state index is -1.74. The summed E-state index contributed by atoms with van der Waals surface area (Å²) in [5, 5.41) is 26.5. The maximum Gasteiger partial charge on any atom is 0.310 e. The van der Waals surface area contributed by atoms with Crippen molar-refractivity contribution in [3.05, 3.63) is 99.0 Å². The van der Waals surface area contributed by atoms with Crippen molar-refractivity contribution in [3.8, 4) is 6.07 Å². The van der Waals surface area contributed by atoms with Crippen LogP contribution in [0.4, 0.5) is 14.5 Å². The molecular formula is C33H33Cl2F2N3O3. The third-order valence-electron chi connectivity index (χ3n) is 8.02. The molecule has 3 aromatic rings. The molecule has 5 atom stereocenters. The number of anilines is 1. The lowest BCUT2D eigenvalue weighted by atomic mass is 9.62. The molecule has 3 N–H and O–H groups in total. The number of halogens is 4. The highest BCUT2D eigenvalue weighted by Crippen LogP contribution is 2.53. The maximum atomic E-state index is 15.8. The topological polar surface area (TPSA) is 102 Å². The minimum Gasteiger partial charge on any atom is -0.481 e. The normalized spacial score (nSPS) is 22.5. The molecule has 1 heterocycles. The van der Waals surface area contributed by atoms with Crippen LogP contribution in [0, 0.1) is 28.4 Å². The van der Waals surface area contributed by atoms with Crippen molar-refractivity contribution in [3.63, 3.8) is 0 Å². The zero-order chi connectivity index (χ0) is 31.7. The van der Waals surface area contributed by atoms with Crippen LogP contribution in [0.1, 0.15) is 69.1 Å². The van der Waals surface area contributed by atoms with Gasteiger partial charge < -0.3 is 15.7 Å². The summed E-state index contributed by atoms with van der Waals surface area (Å²) in [4.78, 5) is 25.6. The van der Waals surface area contributed by atoms with E-state index >= 15 is 8.78 Å². The number of nitrogens with one attached hydrogen (secondary N) is 2. The van der Waals surface area contributed by atoms with E-state index in [9.17, 15) is 20.0 Å². The van der Waals surface area contributed by atoms with E-state index in [-0.39, 0.29) is 26.6 Å². The molecule has 1 fully saturated rings. The number of aliphatic carboxylic acids is 1. The predicted octanol–water partition coefficient (Wildman–Crippen LogP) is 7.81. The average molecular weight is 629 g/mol. The Balaban J connectivity index is 1.87. The van der Waals surface area contributed by atoms with E-state index in [0.717, 1.165) is 6.07 Å². The summed E-state index contributed by atoms with van der Waals surface area (Å²) in [7, 11) is 0. The van der Waals surface area contributed by atoms with Crippen molar-refractivity contribution in [2.75, 3.05) is 5.32 Å². The predicted molar refractivity (Wildman–Crippen MR) is 163 cm³/mol. The van der Waals surface area contributed by atoms with Crippen molar-refractivity contribution >= 4 is 40.8 Å². The molecule has 0 spiro atoms. The molecule has 6 nitrogen and oxygen atoms in total. The van der Waals surface area contributed by atoms with E-state index in [0.29, 0.717) is 24.1 Å². The number of hydrogen-bond donors (Lipinski definition) is 3. The molecule has 3 aromatic carbocycles. The van der Waals surface area contributed by atoms with Gasteiger partial charge in [0, 0.05) is 28.2 Å². The molecule has 43 heavy (non-hydrogen) atoms. The number of carboxylic acid groups (broad SMARTS) is 1. The monoisotopic (exact) mass is 627 g/mol. The van der Waals surface area contributed by atoms with Crippen LogP contribution < -0.4 is 10.6 Å². The molecule has 4 rings (SSSR count). The first kappa shape index (κ1) is 32.4. The van der Waals surface area contributed by atoms with Gasteiger partial charge in [-0.2, -0.15) is 5.26 Å². The molecule has 1 aliphatic heterocycles. The quantitative estimate of drug-likeness (QED) is 0.236. The second kappa shape index (κ2) is 12.6. The molecule has 0 unspecified atom stereocenters. The largest absolute Gasteiger partial charge is 0.481 e. The number of benzene rings is 3. The zero-order valence-corrected chi connectivity index (χ0v) is 25.7. The second-order valence-electron chi connectivity index (χ2n) is 12.1. The van der Waals surface area contributed by atoms with Gasteiger partial charge in [-0.3, -0.25) is 9.59 Å². The Labute approximate surface area is 260 Å². The first-order chi connectivity index (χ1) is 20.2. The summed E-state index contributed by atoms with van der Waals surface area (Å²) in [5.74, 6) is -4.97. The number of nitrogens with zero attached hydrogens (tertiary/aromatic N) is 1. The molecule has 0 bridgehead atoms. The van der Waals surface area contributed by atoms with Crippen LogP contribution in [0.15, 0.2) is 60.7 Å². The third kappa shape index (κ3) is 6.40. The number of amides is 1. The summed E-state index contributed by atoms with van der Waals surface area (Å²) in [6.07, 6.45) is 0.736. The standard InChI is InChI=1S/C33H33Cl2F2N3O3/c1-5-21(31(42)43)18-9-12-20(13-10-18)39-30(41)29-27(22-7-6-8-24(35)28(22)37)33(17-38,26(40-29)16-32(2,3)4)23-14-11-19(34)15-25(23)36/h6-15,21,26-27,29,40H,5,16H2,1-4H3,(H,39,41)(H,42,43)/t21-,26+,27+,29-,33+/m1/s1. The van der Waals surface area contributed by atoms with E-state index in [1.165, 1.54) is 30.3 Å². The smallest absolute Gasteiger partial charge is 0.310 e. The van der Waals surface area contributed by atoms with Crippen molar-refractivity contribution in [1.82, 2.24) is 5.32 Å². The van der Waals surface area contributed by atoms with E-state index in [1.54, 1.807) is 31.2 Å². The van der Waals surface area contributed by atoms with Crippen molar-refractivity contribution in [1.29, 1.82) is 5.26 Å². The molecule has 0 aromatic heterocycles. The number of carbonyl (C=O) groups excluding carboxylic acids is 1. The van der Waals surface area contributed by atoms with Gasteiger partial charge in [0.05, 0.1) is 23.1 Å². The van der Waals surface area contributed by atoms with Crippen LogP contribution in [-0.4, -0.2) is 29.1 Å². The van der Waals surface area contributed by atoms with Crippen LogP contribution in [-0.2, 0) is 15.0 Å². The van der Waals surface area contributed by atoms with Gasteiger partial charge in [0.25, 0.3) is 0 Å². The summed E-state index contributed by atoms with van der Waals surface area (Å²) >= 11 is 12.3. The summed E-state index contributed by atoms with van der Waals surface area (Å²) in [6.45, 7) is 7.65. The first-order valence-corrected chi connectivity index (χ1v) is 14.7. The maximum absolute atomic E-state index is 15.8. The summed E-state index contributed by atoms with van der Waals surface area (Å²) < 4.78 is 31.5. The Bertz CT molecular complexity index is 1570. The average Bonchev–Trinajstić information content (AvgIpc) is 3.24. The van der Waals surface area contributed by atoms with Crippen LogP contribution >= 0.6 is 23.2 Å². The first-order valence-electron chi connectivity index (χ1n) is 13.9. The Morgan fingerprint density at radius 1 is 1.12 bits per heavy atom. The van der Waals surface area contributed by atoms with E-state index in [1.807, 2.05) is 20.8 Å². The number of rotatable bonds is 8. The number of nitriles is 1. The van der Waals surface area contributed by atoms with Crippen molar-refractivity contribution in [2.45, 2.75) is 69.9 Å². The molecular weight excluding hydrogens is 595 g/mol. The lowest BCUT2D eigenvalue weighted by Gasteiger charge is -2.37. The zero-order valence-electron chi connectivity index (χ0n) is 24.2. The van der Waals surface area contributed by atoms with Gasteiger partial charge >= 0.3 is 5.97 Å². The Morgan fingerprint density at radius 2 is 1.79 bits per heavy atom. The van der Waals surface area contributed by atoms with Crippen molar-refractivity contribution < 1.29 is 23.5 Å². The molecule has 0 radical (unpaired) electrons. The summed E-state index contributed by atoms with van der Waals surface area (Å²) in [6, 6.07) is 15.1. The Hall–Kier alpha value is -3.51. The Kier molecular flexibility index (Phi) is 9.51. The highest BCUT2D eigenvalue weighted by atomic mass is 35.5.